The van der Waals surface area contributed by atoms with Crippen LogP contribution < -0.4 is 0 Å². The smallest absolute Gasteiger partial charge is 0.0285 e. The van der Waals surface area contributed by atoms with Gasteiger partial charge in [-0.3, -0.25) is 4.90 Å². The minimum Gasteiger partial charge on any atom is -0.293 e. The van der Waals surface area contributed by atoms with Crippen LogP contribution in [0.15, 0.2) is 34.9 Å². The van der Waals surface area contributed by atoms with E-state index in [1.165, 1.54) is 25.0 Å². The van der Waals surface area contributed by atoms with Gasteiger partial charge in [-0.15, -0.1) is 0 Å². The van der Waals surface area contributed by atoms with Gasteiger partial charge in [0.05, 0.1) is 0 Å². The average Bonchev–Trinajstić information content (AvgIpc) is 2.66. The van der Waals surface area contributed by atoms with E-state index in [0.29, 0.717) is 6.04 Å². The molecule has 0 aliphatic carbocycles. The molecule has 0 N–H and O–H groups in total. The van der Waals surface area contributed by atoms with Gasteiger partial charge in [0.1, 0.15) is 0 Å². The summed E-state index contributed by atoms with van der Waals surface area (Å²) < 4.78 is 0. The van der Waals surface area contributed by atoms with Crippen molar-refractivity contribution < 1.29 is 0 Å². The normalized spacial score (nSPS) is 24.7. The predicted octanol–water partition coefficient (Wildman–Crippen LogP) is 3.88. The van der Waals surface area contributed by atoms with Crippen molar-refractivity contribution in [2.75, 3.05) is 13.1 Å². The molecule has 0 saturated carbocycles. The Morgan fingerprint density at radius 3 is 2.93 bits per heavy atom. The molecular weight excluding hydrogens is 250 g/mol. The number of halogens is 1. The van der Waals surface area contributed by atoms with Crippen LogP contribution in [0.2, 0.25) is 0 Å². The van der Waals surface area contributed by atoms with Crippen LogP contribution in [0.3, 0.4) is 0 Å². The molecule has 0 bridgehead atoms. The fourth-order valence-corrected chi connectivity index (χ4v) is 2.07. The molecule has 1 heterocycles. The zero-order valence-corrected chi connectivity index (χ0v) is 11.2. The summed E-state index contributed by atoms with van der Waals surface area (Å²) in [6, 6.07) is 0.628. The third-order valence-corrected chi connectivity index (χ3v) is 3.47. The summed E-state index contributed by atoms with van der Waals surface area (Å²) in [5.74, 6) is 0. The van der Waals surface area contributed by atoms with Crippen LogP contribution in [0, 0.1) is 0 Å². The molecule has 0 radical (unpaired) electrons. The SMILES string of the molecule is C/C=C/C=C/[C@H]1CCCN1C/C(C)=C/Br. The molecule has 1 aliphatic heterocycles. The van der Waals surface area contributed by atoms with Crippen LogP contribution in [-0.4, -0.2) is 24.0 Å². The van der Waals surface area contributed by atoms with Gasteiger partial charge in [0.25, 0.3) is 0 Å². The predicted molar refractivity (Wildman–Crippen MR) is 71.2 cm³/mol. The zero-order chi connectivity index (χ0) is 11.1. The van der Waals surface area contributed by atoms with E-state index in [4.69, 9.17) is 0 Å². The lowest BCUT2D eigenvalue weighted by atomic mass is 10.2. The van der Waals surface area contributed by atoms with Gasteiger partial charge in [0, 0.05) is 12.6 Å². The van der Waals surface area contributed by atoms with E-state index >= 15 is 0 Å². The number of hydrogen-bond acceptors (Lipinski definition) is 1. The van der Waals surface area contributed by atoms with E-state index < -0.39 is 0 Å². The molecule has 15 heavy (non-hydrogen) atoms. The number of hydrogen-bond donors (Lipinski definition) is 0. The molecular formula is C13H20BrN. The van der Waals surface area contributed by atoms with Gasteiger partial charge >= 0.3 is 0 Å². The molecule has 84 valence electrons. The average molecular weight is 270 g/mol. The highest BCUT2D eigenvalue weighted by atomic mass is 79.9. The first-order valence-corrected chi connectivity index (χ1v) is 6.49. The van der Waals surface area contributed by atoms with Gasteiger partial charge in [0.15, 0.2) is 0 Å². The molecule has 1 saturated heterocycles. The second-order valence-electron chi connectivity index (χ2n) is 4.05. The van der Waals surface area contributed by atoms with Crippen LogP contribution in [0.1, 0.15) is 26.7 Å². The van der Waals surface area contributed by atoms with E-state index in [1.54, 1.807) is 0 Å². The lowest BCUT2D eigenvalue weighted by Gasteiger charge is -2.21. The fraction of sp³-hybridized carbons (Fsp3) is 0.538. The minimum atomic E-state index is 0.628. The van der Waals surface area contributed by atoms with Crippen molar-refractivity contribution >= 4 is 15.9 Å². The van der Waals surface area contributed by atoms with Gasteiger partial charge in [-0.05, 0) is 38.2 Å². The maximum absolute atomic E-state index is 3.39. The molecule has 1 aliphatic rings. The van der Waals surface area contributed by atoms with E-state index in [0.717, 1.165) is 6.54 Å². The summed E-state index contributed by atoms with van der Waals surface area (Å²) in [5, 5.41) is 0. The minimum absolute atomic E-state index is 0.628. The van der Waals surface area contributed by atoms with Crippen LogP contribution in [0.25, 0.3) is 0 Å². The Balaban J connectivity index is 2.49. The van der Waals surface area contributed by atoms with E-state index in [-0.39, 0.29) is 0 Å². The van der Waals surface area contributed by atoms with E-state index in [2.05, 4.69) is 59.0 Å². The second-order valence-corrected chi connectivity index (χ2v) is 4.50. The Kier molecular flexibility index (Phi) is 5.96. The van der Waals surface area contributed by atoms with Crippen molar-refractivity contribution in [2.24, 2.45) is 0 Å². The second kappa shape index (κ2) is 7.02. The molecule has 0 aromatic rings. The van der Waals surface area contributed by atoms with Crippen molar-refractivity contribution in [1.29, 1.82) is 0 Å². The van der Waals surface area contributed by atoms with Crippen LogP contribution in [0.4, 0.5) is 0 Å². The number of rotatable bonds is 4. The zero-order valence-electron chi connectivity index (χ0n) is 9.62. The third kappa shape index (κ3) is 4.35. The Hall–Kier alpha value is -0.340. The molecule has 1 fully saturated rings. The van der Waals surface area contributed by atoms with Crippen molar-refractivity contribution in [2.45, 2.75) is 32.7 Å². The highest BCUT2D eigenvalue weighted by Gasteiger charge is 2.21. The number of nitrogens with zero attached hydrogens (tertiary/aromatic N) is 1. The van der Waals surface area contributed by atoms with Gasteiger partial charge in [-0.25, -0.2) is 0 Å². The van der Waals surface area contributed by atoms with Crippen LogP contribution >= 0.6 is 15.9 Å². The Labute approximate surface area is 102 Å². The molecule has 2 heteroatoms. The van der Waals surface area contributed by atoms with Crippen LogP contribution in [-0.2, 0) is 0 Å². The first-order valence-electron chi connectivity index (χ1n) is 5.57. The molecule has 0 spiro atoms. The first kappa shape index (κ1) is 12.7. The molecule has 1 rings (SSSR count). The van der Waals surface area contributed by atoms with Crippen molar-refractivity contribution in [3.63, 3.8) is 0 Å². The lowest BCUT2D eigenvalue weighted by Crippen LogP contribution is -2.29. The maximum Gasteiger partial charge on any atom is 0.0285 e. The van der Waals surface area contributed by atoms with Crippen molar-refractivity contribution in [3.8, 4) is 0 Å². The quantitative estimate of drug-likeness (QED) is 0.701. The van der Waals surface area contributed by atoms with Gasteiger partial charge < -0.3 is 0 Å². The van der Waals surface area contributed by atoms with Gasteiger partial charge in [-0.1, -0.05) is 45.8 Å². The Morgan fingerprint density at radius 1 is 1.47 bits per heavy atom. The summed E-state index contributed by atoms with van der Waals surface area (Å²) in [7, 11) is 0. The summed E-state index contributed by atoms with van der Waals surface area (Å²) in [6.45, 7) is 6.52. The topological polar surface area (TPSA) is 3.24 Å². The lowest BCUT2D eigenvalue weighted by molar-refractivity contribution is 0.315. The van der Waals surface area contributed by atoms with Gasteiger partial charge in [-0.2, -0.15) is 0 Å². The summed E-state index contributed by atoms with van der Waals surface area (Å²) in [5.41, 5.74) is 1.39. The highest BCUT2D eigenvalue weighted by molar-refractivity contribution is 9.11. The summed E-state index contributed by atoms with van der Waals surface area (Å²) in [6.07, 6.45) is 11.3. The first-order chi connectivity index (χ1) is 7.27. The van der Waals surface area contributed by atoms with E-state index in [1.807, 2.05) is 4.99 Å². The molecule has 0 aromatic carbocycles. The van der Waals surface area contributed by atoms with Crippen molar-refractivity contribution in [3.05, 3.63) is 34.9 Å². The maximum atomic E-state index is 3.39. The van der Waals surface area contributed by atoms with E-state index in [9.17, 15) is 0 Å². The Bertz CT molecular complexity index is 266. The van der Waals surface area contributed by atoms with Crippen LogP contribution in [0.5, 0.6) is 0 Å². The standard InChI is InChI=1S/C13H20BrN/c1-3-4-5-7-13-8-6-9-15(13)11-12(2)10-14/h3-5,7,10,13H,6,8-9,11H2,1-2H3/b4-3+,7-5+,12-10+/t13-/m0/s1. The van der Waals surface area contributed by atoms with Crippen molar-refractivity contribution in [1.82, 2.24) is 4.90 Å². The molecule has 0 unspecified atom stereocenters. The monoisotopic (exact) mass is 269 g/mol. The number of likely N-dealkylation sites (tertiary alicyclic amines) is 1. The summed E-state index contributed by atoms with van der Waals surface area (Å²) >= 11 is 3.39. The largest absolute Gasteiger partial charge is 0.293 e. The fourth-order valence-electron chi connectivity index (χ4n) is 1.92. The Morgan fingerprint density at radius 2 is 2.27 bits per heavy atom. The number of allylic oxidation sites excluding steroid dienone is 3. The van der Waals surface area contributed by atoms with Gasteiger partial charge in [0.2, 0.25) is 0 Å². The molecule has 0 amide bonds. The summed E-state index contributed by atoms with van der Waals surface area (Å²) in [4.78, 5) is 4.56. The molecule has 1 nitrogen and oxygen atoms in total. The molecule has 0 aromatic heterocycles. The third-order valence-electron chi connectivity index (χ3n) is 2.69. The molecule has 1 atom stereocenters. The highest BCUT2D eigenvalue weighted by Crippen LogP contribution is 2.19.